The van der Waals surface area contributed by atoms with Gasteiger partial charge >= 0.3 is 0 Å². The molecule has 0 aliphatic carbocycles. The van der Waals surface area contributed by atoms with E-state index in [9.17, 15) is 5.26 Å². The highest BCUT2D eigenvalue weighted by Crippen LogP contribution is 2.36. The van der Waals surface area contributed by atoms with Crippen LogP contribution in [-0.2, 0) is 0 Å². The summed E-state index contributed by atoms with van der Waals surface area (Å²) in [6.07, 6.45) is 1.54. The van der Waals surface area contributed by atoms with Gasteiger partial charge in [0.1, 0.15) is 11.8 Å². The molecule has 2 aromatic heterocycles. The number of nitrogen functional groups attached to an aromatic ring is 1. The van der Waals surface area contributed by atoms with Crippen LogP contribution in [0.3, 0.4) is 0 Å². The fourth-order valence-electron chi connectivity index (χ4n) is 2.67. The van der Waals surface area contributed by atoms with Crippen molar-refractivity contribution < 1.29 is 4.74 Å². The lowest BCUT2D eigenvalue weighted by atomic mass is 10.1. The minimum absolute atomic E-state index is 0.420. The average Bonchev–Trinajstić information content (AvgIpc) is 3.17. The molecular weight excluding hydrogens is 380 g/mol. The Balaban J connectivity index is 1.71. The van der Waals surface area contributed by atoms with Crippen molar-refractivity contribution in [2.75, 3.05) is 11.1 Å². The molecule has 0 spiro atoms. The Morgan fingerprint density at radius 2 is 2.07 bits per heavy atom. The van der Waals surface area contributed by atoms with E-state index in [4.69, 9.17) is 22.1 Å². The van der Waals surface area contributed by atoms with Crippen molar-refractivity contribution in [3.05, 3.63) is 70.7 Å². The Hall–Kier alpha value is -3.27. The molecule has 0 fully saturated rings. The number of rotatable bonds is 4. The SMILES string of the molecule is N#Cc1cnc2ccc(N)cc2c1Nc1ccc(Oc2cccs2)c(Cl)c1. The van der Waals surface area contributed by atoms with Gasteiger partial charge in [0.2, 0.25) is 0 Å². The zero-order valence-electron chi connectivity index (χ0n) is 13.9. The highest BCUT2D eigenvalue weighted by Gasteiger charge is 2.11. The van der Waals surface area contributed by atoms with Crippen molar-refractivity contribution in [2.45, 2.75) is 0 Å². The first-order chi connectivity index (χ1) is 13.1. The molecule has 0 saturated carbocycles. The zero-order chi connectivity index (χ0) is 18.8. The van der Waals surface area contributed by atoms with Crippen molar-refractivity contribution in [1.29, 1.82) is 5.26 Å². The number of ether oxygens (including phenoxy) is 1. The smallest absolute Gasteiger partial charge is 0.180 e. The minimum atomic E-state index is 0.420. The molecule has 0 aliphatic heterocycles. The predicted molar refractivity (Wildman–Crippen MR) is 110 cm³/mol. The van der Waals surface area contributed by atoms with Gasteiger partial charge in [0.25, 0.3) is 0 Å². The molecule has 0 bridgehead atoms. The summed E-state index contributed by atoms with van der Waals surface area (Å²) in [6.45, 7) is 0. The zero-order valence-corrected chi connectivity index (χ0v) is 15.5. The fraction of sp³-hybridized carbons (Fsp3) is 0. The number of nitriles is 1. The number of halogens is 1. The predicted octanol–water partition coefficient (Wildman–Crippen LogP) is 5.94. The van der Waals surface area contributed by atoms with Gasteiger partial charge in [0.15, 0.2) is 5.06 Å². The molecule has 3 N–H and O–H groups in total. The maximum atomic E-state index is 9.46. The number of fused-ring (bicyclic) bond motifs is 1. The molecule has 0 radical (unpaired) electrons. The lowest BCUT2D eigenvalue weighted by Crippen LogP contribution is -1.98. The maximum absolute atomic E-state index is 9.46. The minimum Gasteiger partial charge on any atom is -0.445 e. The van der Waals surface area contributed by atoms with Gasteiger partial charge in [-0.05, 0) is 53.9 Å². The van der Waals surface area contributed by atoms with Gasteiger partial charge < -0.3 is 15.8 Å². The maximum Gasteiger partial charge on any atom is 0.180 e. The van der Waals surface area contributed by atoms with Crippen LogP contribution >= 0.6 is 22.9 Å². The van der Waals surface area contributed by atoms with Crippen LogP contribution in [0.4, 0.5) is 17.1 Å². The average molecular weight is 393 g/mol. The molecule has 4 rings (SSSR count). The highest BCUT2D eigenvalue weighted by molar-refractivity contribution is 7.11. The van der Waals surface area contributed by atoms with Crippen molar-refractivity contribution in [3.63, 3.8) is 0 Å². The second kappa shape index (κ2) is 7.16. The van der Waals surface area contributed by atoms with E-state index in [0.717, 1.165) is 21.7 Å². The molecule has 0 aliphatic rings. The lowest BCUT2D eigenvalue weighted by molar-refractivity contribution is 0.497. The van der Waals surface area contributed by atoms with Gasteiger partial charge in [-0.2, -0.15) is 5.26 Å². The molecule has 0 unspecified atom stereocenters. The highest BCUT2D eigenvalue weighted by atomic mass is 35.5. The van der Waals surface area contributed by atoms with E-state index in [1.54, 1.807) is 24.3 Å². The second-order valence-electron chi connectivity index (χ2n) is 5.74. The number of benzene rings is 2. The molecule has 132 valence electrons. The summed E-state index contributed by atoms with van der Waals surface area (Å²) >= 11 is 7.86. The third-order valence-electron chi connectivity index (χ3n) is 3.92. The number of nitrogens with two attached hydrogens (primary N) is 1. The normalized spacial score (nSPS) is 10.5. The summed E-state index contributed by atoms with van der Waals surface area (Å²) in [5.41, 5.74) is 9.04. The number of pyridine rings is 1. The van der Waals surface area contributed by atoms with E-state index in [-0.39, 0.29) is 0 Å². The Bertz CT molecular complexity index is 1170. The van der Waals surface area contributed by atoms with Crippen LogP contribution in [0.15, 0.2) is 60.1 Å². The number of hydrogen-bond acceptors (Lipinski definition) is 6. The molecule has 2 aromatic carbocycles. The summed E-state index contributed by atoms with van der Waals surface area (Å²) in [6, 6.07) is 16.7. The van der Waals surface area contributed by atoms with E-state index < -0.39 is 0 Å². The molecule has 7 heteroatoms. The Morgan fingerprint density at radius 1 is 1.19 bits per heavy atom. The van der Waals surface area contributed by atoms with Gasteiger partial charge in [0, 0.05) is 23.0 Å². The molecule has 27 heavy (non-hydrogen) atoms. The van der Waals surface area contributed by atoms with Crippen LogP contribution in [0.5, 0.6) is 10.8 Å². The number of aromatic nitrogens is 1. The van der Waals surface area contributed by atoms with Crippen molar-refractivity contribution in [3.8, 4) is 16.9 Å². The van der Waals surface area contributed by atoms with E-state index in [1.165, 1.54) is 17.5 Å². The quantitative estimate of drug-likeness (QED) is 0.420. The molecule has 0 atom stereocenters. The topological polar surface area (TPSA) is 84.0 Å². The summed E-state index contributed by atoms with van der Waals surface area (Å²) in [7, 11) is 0. The van der Waals surface area contributed by atoms with E-state index >= 15 is 0 Å². The standard InChI is InChI=1S/C20H13ClN4OS/c21-16-9-14(4-6-18(16)26-19-2-1-7-27-19)25-20-12(10-22)11-24-17-5-3-13(23)8-15(17)20/h1-9,11H,23H2,(H,24,25). The summed E-state index contributed by atoms with van der Waals surface area (Å²) in [5.74, 6) is 0.564. The largest absolute Gasteiger partial charge is 0.445 e. The third kappa shape index (κ3) is 3.51. The lowest BCUT2D eigenvalue weighted by Gasteiger charge is -2.13. The van der Waals surface area contributed by atoms with Crippen LogP contribution in [0.2, 0.25) is 5.02 Å². The van der Waals surface area contributed by atoms with Crippen LogP contribution in [0.25, 0.3) is 10.9 Å². The van der Waals surface area contributed by atoms with Crippen molar-refractivity contribution in [2.24, 2.45) is 0 Å². The summed E-state index contributed by atoms with van der Waals surface area (Å²) in [4.78, 5) is 4.31. The van der Waals surface area contributed by atoms with Crippen molar-refractivity contribution >= 4 is 50.9 Å². The molecule has 5 nitrogen and oxygen atoms in total. The van der Waals surface area contributed by atoms with Crippen LogP contribution in [0, 0.1) is 11.3 Å². The van der Waals surface area contributed by atoms with Crippen LogP contribution in [0.1, 0.15) is 5.56 Å². The molecular formula is C20H13ClN4OS. The molecule has 0 saturated heterocycles. The number of nitrogens with one attached hydrogen (secondary N) is 1. The summed E-state index contributed by atoms with van der Waals surface area (Å²) in [5, 5.41) is 16.7. The van der Waals surface area contributed by atoms with Crippen LogP contribution in [-0.4, -0.2) is 4.98 Å². The van der Waals surface area contributed by atoms with Crippen molar-refractivity contribution in [1.82, 2.24) is 4.98 Å². The number of nitrogens with zero attached hydrogens (tertiary/aromatic N) is 2. The first-order valence-electron chi connectivity index (χ1n) is 8.00. The Labute approximate surface area is 164 Å². The Kier molecular flexibility index (Phi) is 4.55. The number of anilines is 3. The van der Waals surface area contributed by atoms with E-state index in [1.807, 2.05) is 29.6 Å². The van der Waals surface area contributed by atoms with Gasteiger partial charge in [-0.1, -0.05) is 11.6 Å². The first kappa shape index (κ1) is 17.2. The van der Waals surface area contributed by atoms with E-state index in [0.29, 0.717) is 27.7 Å². The van der Waals surface area contributed by atoms with Gasteiger partial charge in [0.05, 0.1) is 21.8 Å². The van der Waals surface area contributed by atoms with E-state index in [2.05, 4.69) is 16.4 Å². The molecule has 4 aromatic rings. The molecule has 2 heterocycles. The molecule has 0 amide bonds. The fourth-order valence-corrected chi connectivity index (χ4v) is 3.47. The van der Waals surface area contributed by atoms with Crippen LogP contribution < -0.4 is 15.8 Å². The summed E-state index contributed by atoms with van der Waals surface area (Å²) < 4.78 is 5.77. The number of hydrogen-bond donors (Lipinski definition) is 2. The number of thiophene rings is 1. The van der Waals surface area contributed by atoms with Gasteiger partial charge in [-0.25, -0.2) is 0 Å². The van der Waals surface area contributed by atoms with Gasteiger partial charge in [-0.3, -0.25) is 4.98 Å². The van der Waals surface area contributed by atoms with Gasteiger partial charge in [-0.15, -0.1) is 11.3 Å². The second-order valence-corrected chi connectivity index (χ2v) is 7.06. The third-order valence-corrected chi connectivity index (χ3v) is 4.96. The monoisotopic (exact) mass is 392 g/mol. The Morgan fingerprint density at radius 3 is 2.81 bits per heavy atom. The first-order valence-corrected chi connectivity index (χ1v) is 9.26.